The third-order valence-electron chi connectivity index (χ3n) is 4.90. The van der Waals surface area contributed by atoms with Gasteiger partial charge in [0.25, 0.3) is 0 Å². The quantitative estimate of drug-likeness (QED) is 0.718. The topological polar surface area (TPSA) is 32.8 Å². The molecule has 1 saturated heterocycles. The lowest BCUT2D eigenvalue weighted by Crippen LogP contribution is -2.45. The van der Waals surface area contributed by atoms with Gasteiger partial charge in [0.2, 0.25) is 5.91 Å². The largest absolute Gasteiger partial charge is 0.494 e. The molecule has 24 heavy (non-hydrogen) atoms. The van der Waals surface area contributed by atoms with Crippen LogP contribution in [0.25, 0.3) is 0 Å². The first-order valence-corrected chi connectivity index (χ1v) is 9.28. The molecular weight excluding hydrogens is 300 g/mol. The second kappa shape index (κ2) is 9.67. The lowest BCUT2D eigenvalue weighted by atomic mass is 10.1. The minimum absolute atomic E-state index is 0.0552. The van der Waals surface area contributed by atoms with E-state index in [1.807, 2.05) is 24.1 Å². The van der Waals surface area contributed by atoms with Crippen LogP contribution in [-0.4, -0.2) is 55.5 Å². The van der Waals surface area contributed by atoms with Gasteiger partial charge in [-0.1, -0.05) is 31.9 Å². The Balaban J connectivity index is 1.73. The zero-order valence-corrected chi connectivity index (χ0v) is 15.5. The molecule has 1 unspecified atom stereocenters. The highest BCUT2D eigenvalue weighted by molar-refractivity contribution is 5.81. The molecule has 1 aromatic rings. The molecule has 134 valence electrons. The molecule has 0 bridgehead atoms. The van der Waals surface area contributed by atoms with Crippen LogP contribution >= 0.6 is 0 Å². The zero-order chi connectivity index (χ0) is 17.4. The minimum atomic E-state index is 0.0552. The van der Waals surface area contributed by atoms with Crippen LogP contribution in [0.2, 0.25) is 0 Å². The van der Waals surface area contributed by atoms with Crippen molar-refractivity contribution in [3.8, 4) is 5.75 Å². The van der Waals surface area contributed by atoms with Crippen molar-refractivity contribution in [3.05, 3.63) is 29.8 Å². The number of benzene rings is 1. The van der Waals surface area contributed by atoms with Gasteiger partial charge in [-0.3, -0.25) is 9.69 Å². The number of nitrogens with zero attached hydrogens (tertiary/aromatic N) is 2. The average molecular weight is 332 g/mol. The summed E-state index contributed by atoms with van der Waals surface area (Å²) in [5.41, 5.74) is 1.29. The lowest BCUT2D eigenvalue weighted by molar-refractivity contribution is -0.135. The van der Waals surface area contributed by atoms with E-state index in [0.29, 0.717) is 6.61 Å². The first kappa shape index (κ1) is 18.8. The normalized spacial score (nSPS) is 18.9. The third kappa shape index (κ3) is 5.52. The molecule has 1 heterocycles. The van der Waals surface area contributed by atoms with Crippen LogP contribution in [0, 0.1) is 0 Å². The van der Waals surface area contributed by atoms with Crippen molar-refractivity contribution in [3.63, 3.8) is 0 Å². The van der Waals surface area contributed by atoms with E-state index < -0.39 is 0 Å². The Labute approximate surface area is 146 Å². The fraction of sp³-hybridized carbons (Fsp3) is 0.650. The summed E-state index contributed by atoms with van der Waals surface area (Å²) in [5.74, 6) is 1.18. The summed E-state index contributed by atoms with van der Waals surface area (Å²) in [6.07, 6.45) is 6.46. The fourth-order valence-electron chi connectivity index (χ4n) is 3.28. The Morgan fingerprint density at radius 1 is 1.33 bits per heavy atom. The summed E-state index contributed by atoms with van der Waals surface area (Å²) in [4.78, 5) is 16.7. The third-order valence-corrected chi connectivity index (χ3v) is 4.90. The molecule has 0 radical (unpaired) electrons. The Morgan fingerprint density at radius 3 is 2.96 bits per heavy atom. The Morgan fingerprint density at radius 2 is 2.17 bits per heavy atom. The van der Waals surface area contributed by atoms with Gasteiger partial charge in [-0.2, -0.15) is 0 Å². The molecule has 0 aliphatic carbocycles. The zero-order valence-electron chi connectivity index (χ0n) is 15.5. The highest BCUT2D eigenvalue weighted by Crippen LogP contribution is 2.17. The van der Waals surface area contributed by atoms with Crippen LogP contribution < -0.4 is 4.74 Å². The van der Waals surface area contributed by atoms with E-state index in [-0.39, 0.29) is 11.9 Å². The molecule has 0 N–H and O–H groups in total. The number of likely N-dealkylation sites (tertiary alicyclic amines) is 1. The van der Waals surface area contributed by atoms with Gasteiger partial charge in [0.05, 0.1) is 12.6 Å². The number of hydrogen-bond acceptors (Lipinski definition) is 3. The molecule has 1 fully saturated rings. The average Bonchev–Trinajstić information content (AvgIpc) is 2.82. The molecule has 4 heteroatoms. The molecule has 1 aliphatic rings. The monoisotopic (exact) mass is 332 g/mol. The highest BCUT2D eigenvalue weighted by atomic mass is 16.5. The van der Waals surface area contributed by atoms with E-state index in [2.05, 4.69) is 31.0 Å². The van der Waals surface area contributed by atoms with Crippen LogP contribution in [0.4, 0.5) is 0 Å². The van der Waals surface area contributed by atoms with E-state index in [1.165, 1.54) is 18.4 Å². The number of carbonyl (C=O) groups is 1. The summed E-state index contributed by atoms with van der Waals surface area (Å²) in [6.45, 7) is 4.56. The van der Waals surface area contributed by atoms with Crippen LogP contribution in [0.5, 0.6) is 5.75 Å². The van der Waals surface area contributed by atoms with Gasteiger partial charge >= 0.3 is 0 Å². The standard InChI is InChI=1S/C20H32N2O2/c1-4-17-10-8-11-18(16-17)24-15-9-14-22(3)20(23)19-12-6-5-7-13-21(19)2/h8,10-11,16,19H,4-7,9,12-15H2,1-3H3. The predicted octanol–water partition coefficient (Wildman–Crippen LogP) is 3.35. The van der Waals surface area contributed by atoms with Gasteiger partial charge in [0, 0.05) is 13.6 Å². The molecule has 1 amide bonds. The van der Waals surface area contributed by atoms with E-state index in [1.54, 1.807) is 0 Å². The molecule has 4 nitrogen and oxygen atoms in total. The Hall–Kier alpha value is -1.55. The van der Waals surface area contributed by atoms with Crippen LogP contribution in [0.1, 0.15) is 44.6 Å². The molecule has 0 spiro atoms. The highest BCUT2D eigenvalue weighted by Gasteiger charge is 2.26. The number of amides is 1. The summed E-state index contributed by atoms with van der Waals surface area (Å²) in [7, 11) is 3.99. The van der Waals surface area contributed by atoms with E-state index in [4.69, 9.17) is 4.74 Å². The molecular formula is C20H32N2O2. The summed E-state index contributed by atoms with van der Waals surface area (Å²) < 4.78 is 5.82. The van der Waals surface area contributed by atoms with E-state index in [9.17, 15) is 4.79 Å². The first-order chi connectivity index (χ1) is 11.6. The van der Waals surface area contributed by atoms with Crippen molar-refractivity contribution >= 4 is 5.91 Å². The number of carbonyl (C=O) groups excluding carboxylic acids is 1. The summed E-state index contributed by atoms with van der Waals surface area (Å²) in [6, 6.07) is 8.29. The van der Waals surface area contributed by atoms with Crippen molar-refractivity contribution in [1.82, 2.24) is 9.80 Å². The van der Waals surface area contributed by atoms with Crippen LogP contribution in [0.15, 0.2) is 24.3 Å². The maximum atomic E-state index is 12.7. The maximum Gasteiger partial charge on any atom is 0.239 e. The van der Waals surface area contributed by atoms with Crippen LogP contribution in [0.3, 0.4) is 0 Å². The minimum Gasteiger partial charge on any atom is -0.494 e. The Bertz CT molecular complexity index is 518. The number of hydrogen-bond donors (Lipinski definition) is 0. The van der Waals surface area contributed by atoms with Crippen molar-refractivity contribution in [2.75, 3.05) is 33.8 Å². The summed E-state index contributed by atoms with van der Waals surface area (Å²) >= 11 is 0. The first-order valence-electron chi connectivity index (χ1n) is 9.28. The van der Waals surface area contributed by atoms with Gasteiger partial charge in [0.15, 0.2) is 0 Å². The Kier molecular flexibility index (Phi) is 7.57. The molecule has 2 rings (SSSR count). The van der Waals surface area contributed by atoms with Gasteiger partial charge in [0.1, 0.15) is 5.75 Å². The maximum absolute atomic E-state index is 12.7. The molecule has 0 saturated carbocycles. The number of aryl methyl sites for hydroxylation is 1. The van der Waals surface area contributed by atoms with Gasteiger partial charge in [-0.25, -0.2) is 0 Å². The second-order valence-electron chi connectivity index (χ2n) is 6.81. The molecule has 1 aliphatic heterocycles. The van der Waals surface area contributed by atoms with E-state index in [0.717, 1.165) is 44.5 Å². The smallest absolute Gasteiger partial charge is 0.239 e. The van der Waals surface area contributed by atoms with E-state index >= 15 is 0 Å². The molecule has 1 aromatic carbocycles. The lowest BCUT2D eigenvalue weighted by Gasteiger charge is -2.29. The SMILES string of the molecule is CCc1cccc(OCCCN(C)C(=O)C2CCCCCN2C)c1. The van der Waals surface area contributed by atoms with Gasteiger partial charge < -0.3 is 9.64 Å². The molecule has 1 atom stereocenters. The molecule has 0 aromatic heterocycles. The van der Waals surface area contributed by atoms with Crippen molar-refractivity contribution in [2.45, 2.75) is 51.5 Å². The summed E-state index contributed by atoms with van der Waals surface area (Å²) in [5, 5.41) is 0. The van der Waals surface area contributed by atoms with Crippen LogP contribution in [-0.2, 0) is 11.2 Å². The van der Waals surface area contributed by atoms with Crippen molar-refractivity contribution < 1.29 is 9.53 Å². The number of rotatable bonds is 7. The second-order valence-corrected chi connectivity index (χ2v) is 6.81. The van der Waals surface area contributed by atoms with Crippen molar-refractivity contribution in [2.24, 2.45) is 0 Å². The predicted molar refractivity (Wildman–Crippen MR) is 98.5 cm³/mol. The number of ether oxygens (including phenoxy) is 1. The number of likely N-dealkylation sites (N-methyl/N-ethyl adjacent to an activating group) is 2. The van der Waals surface area contributed by atoms with Gasteiger partial charge in [-0.15, -0.1) is 0 Å². The fourth-order valence-corrected chi connectivity index (χ4v) is 3.28. The van der Waals surface area contributed by atoms with Crippen molar-refractivity contribution in [1.29, 1.82) is 0 Å². The van der Waals surface area contributed by atoms with Gasteiger partial charge in [-0.05, 0) is 57.0 Å².